The van der Waals surface area contributed by atoms with Crippen LogP contribution in [-0.4, -0.2) is 25.3 Å². The summed E-state index contributed by atoms with van der Waals surface area (Å²) in [6.07, 6.45) is 0.543. The van der Waals surface area contributed by atoms with Crippen LogP contribution in [0.2, 0.25) is 0 Å². The van der Waals surface area contributed by atoms with E-state index in [0.717, 1.165) is 23.1 Å². The lowest BCUT2D eigenvalue weighted by Gasteiger charge is -2.21. The fourth-order valence-electron chi connectivity index (χ4n) is 3.70. The van der Waals surface area contributed by atoms with Gasteiger partial charge in [0, 0.05) is 0 Å². The third kappa shape index (κ3) is 8.77. The summed E-state index contributed by atoms with van der Waals surface area (Å²) in [5.74, 6) is -0.0344. The van der Waals surface area contributed by atoms with Gasteiger partial charge in [-0.1, -0.05) is 98.8 Å². The molecular weight excluding hydrogens is 424 g/mol. The molecule has 0 saturated carbocycles. The third-order valence-corrected chi connectivity index (χ3v) is 5.59. The minimum Gasteiger partial charge on any atom is -0.457 e. The highest BCUT2D eigenvalue weighted by atomic mass is 16.6. The predicted octanol–water partition coefficient (Wildman–Crippen LogP) is 6.33. The van der Waals surface area contributed by atoms with Gasteiger partial charge in [-0.15, -0.1) is 0 Å². The number of carbonyl (C=O) groups is 1. The maximum Gasteiger partial charge on any atom is 0.313 e. The van der Waals surface area contributed by atoms with Crippen molar-refractivity contribution in [2.75, 3.05) is 13.2 Å². The van der Waals surface area contributed by atoms with E-state index >= 15 is 0 Å². The Morgan fingerprint density at radius 2 is 1.18 bits per heavy atom. The highest BCUT2D eigenvalue weighted by Gasteiger charge is 2.22. The fraction of sp³-hybridized carbons (Fsp3) is 0.367. The molecule has 0 radical (unpaired) electrons. The van der Waals surface area contributed by atoms with Gasteiger partial charge in [-0.25, -0.2) is 0 Å². The van der Waals surface area contributed by atoms with Crippen molar-refractivity contribution >= 4 is 5.97 Å². The number of hydrogen-bond donors (Lipinski definition) is 0. The standard InChI is InChI=1S/C30H36O4/c1-23(2)18-25-14-16-28(17-15-25)24(3)30(31)34-29(21-32-19-26-10-6-4-7-11-26)22-33-20-27-12-8-5-9-13-27/h4-17,23-24,29H,18-22H2,1-3H3. The molecule has 4 nitrogen and oxygen atoms in total. The Kier molecular flexibility index (Phi) is 10.3. The molecule has 1 atom stereocenters. The highest BCUT2D eigenvalue weighted by molar-refractivity contribution is 5.77. The van der Waals surface area contributed by atoms with E-state index < -0.39 is 6.10 Å². The van der Waals surface area contributed by atoms with Crippen molar-refractivity contribution in [1.82, 2.24) is 0 Å². The Hall–Kier alpha value is -2.95. The van der Waals surface area contributed by atoms with E-state index in [9.17, 15) is 4.79 Å². The Morgan fingerprint density at radius 3 is 1.65 bits per heavy atom. The van der Waals surface area contributed by atoms with E-state index in [1.165, 1.54) is 5.56 Å². The summed E-state index contributed by atoms with van der Waals surface area (Å²) in [6, 6.07) is 28.2. The molecule has 0 bridgehead atoms. The number of rotatable bonds is 13. The summed E-state index contributed by atoms with van der Waals surface area (Å²) in [4.78, 5) is 12.9. The van der Waals surface area contributed by atoms with E-state index in [4.69, 9.17) is 14.2 Å². The zero-order valence-electron chi connectivity index (χ0n) is 20.5. The quantitative estimate of drug-likeness (QED) is 0.279. The van der Waals surface area contributed by atoms with Crippen molar-refractivity contribution in [3.8, 4) is 0 Å². The molecule has 4 heteroatoms. The van der Waals surface area contributed by atoms with Crippen LogP contribution < -0.4 is 0 Å². The molecule has 0 aromatic heterocycles. The summed E-state index contributed by atoms with van der Waals surface area (Å²) in [6.45, 7) is 7.75. The summed E-state index contributed by atoms with van der Waals surface area (Å²) < 4.78 is 17.6. The van der Waals surface area contributed by atoms with Gasteiger partial charge >= 0.3 is 5.97 Å². The summed E-state index contributed by atoms with van der Waals surface area (Å²) in [5.41, 5.74) is 4.38. The van der Waals surface area contributed by atoms with Crippen LogP contribution in [-0.2, 0) is 38.6 Å². The maximum absolute atomic E-state index is 12.9. The van der Waals surface area contributed by atoms with Gasteiger partial charge in [-0.05, 0) is 41.5 Å². The molecule has 0 N–H and O–H groups in total. The van der Waals surface area contributed by atoms with Crippen molar-refractivity contribution < 1.29 is 19.0 Å². The lowest BCUT2D eigenvalue weighted by molar-refractivity contribution is -0.158. The third-order valence-electron chi connectivity index (χ3n) is 5.59. The molecule has 3 aromatic rings. The van der Waals surface area contributed by atoms with Crippen LogP contribution in [0.15, 0.2) is 84.9 Å². The Bertz CT molecular complexity index is 922. The molecule has 180 valence electrons. The molecule has 0 fully saturated rings. The van der Waals surface area contributed by atoms with Gasteiger partial charge in [-0.3, -0.25) is 4.79 Å². The second-order valence-corrected chi connectivity index (χ2v) is 9.12. The van der Waals surface area contributed by atoms with Crippen molar-refractivity contribution in [3.63, 3.8) is 0 Å². The molecule has 0 saturated heterocycles. The Balaban J connectivity index is 1.56. The van der Waals surface area contributed by atoms with Crippen LogP contribution in [0, 0.1) is 5.92 Å². The molecule has 0 aliphatic carbocycles. The number of benzene rings is 3. The Labute approximate surface area is 203 Å². The molecule has 34 heavy (non-hydrogen) atoms. The lowest BCUT2D eigenvalue weighted by Crippen LogP contribution is -2.30. The van der Waals surface area contributed by atoms with E-state index in [1.807, 2.05) is 79.7 Å². The number of esters is 1. The van der Waals surface area contributed by atoms with Gasteiger partial charge < -0.3 is 14.2 Å². The van der Waals surface area contributed by atoms with Crippen LogP contribution in [0.1, 0.15) is 48.9 Å². The molecular formula is C30H36O4. The van der Waals surface area contributed by atoms with Crippen LogP contribution >= 0.6 is 0 Å². The van der Waals surface area contributed by atoms with Crippen molar-refractivity contribution in [3.05, 3.63) is 107 Å². The van der Waals surface area contributed by atoms with Crippen LogP contribution in [0.3, 0.4) is 0 Å². The summed E-state index contributed by atoms with van der Waals surface area (Å²) in [5, 5.41) is 0. The van der Waals surface area contributed by atoms with Crippen molar-refractivity contribution in [1.29, 1.82) is 0 Å². The van der Waals surface area contributed by atoms with Gasteiger partial charge in [0.1, 0.15) is 6.10 Å². The largest absolute Gasteiger partial charge is 0.457 e. The first-order chi connectivity index (χ1) is 16.5. The normalized spacial score (nSPS) is 12.1. The molecule has 0 spiro atoms. The number of ether oxygens (including phenoxy) is 3. The van der Waals surface area contributed by atoms with Crippen LogP contribution in [0.5, 0.6) is 0 Å². The van der Waals surface area contributed by atoms with Crippen LogP contribution in [0.4, 0.5) is 0 Å². The molecule has 0 amide bonds. The highest BCUT2D eigenvalue weighted by Crippen LogP contribution is 2.20. The van der Waals surface area contributed by atoms with E-state index in [1.54, 1.807) is 0 Å². The summed E-state index contributed by atoms with van der Waals surface area (Å²) in [7, 11) is 0. The van der Waals surface area contributed by atoms with Crippen molar-refractivity contribution in [2.45, 2.75) is 52.4 Å². The average Bonchev–Trinajstić information content (AvgIpc) is 2.85. The molecule has 0 heterocycles. The van der Waals surface area contributed by atoms with E-state index in [2.05, 4.69) is 26.0 Å². The first-order valence-electron chi connectivity index (χ1n) is 12.0. The smallest absolute Gasteiger partial charge is 0.313 e. The second kappa shape index (κ2) is 13.7. The minimum atomic E-state index is -0.484. The Morgan fingerprint density at radius 1 is 0.676 bits per heavy atom. The number of hydrogen-bond acceptors (Lipinski definition) is 4. The number of carbonyl (C=O) groups excluding carboxylic acids is 1. The predicted molar refractivity (Wildman–Crippen MR) is 135 cm³/mol. The molecule has 3 aromatic carbocycles. The fourth-order valence-corrected chi connectivity index (χ4v) is 3.70. The first-order valence-corrected chi connectivity index (χ1v) is 12.0. The van der Waals surface area contributed by atoms with Gasteiger partial charge in [0.2, 0.25) is 0 Å². The van der Waals surface area contributed by atoms with Gasteiger partial charge in [0.05, 0.1) is 32.3 Å². The SMILES string of the molecule is CC(C)Cc1ccc(C(C)C(=O)OC(COCc2ccccc2)COCc2ccccc2)cc1. The zero-order chi connectivity index (χ0) is 24.2. The topological polar surface area (TPSA) is 44.8 Å². The molecule has 3 rings (SSSR count). The van der Waals surface area contributed by atoms with Crippen molar-refractivity contribution in [2.24, 2.45) is 5.92 Å². The molecule has 0 aliphatic rings. The summed E-state index contributed by atoms with van der Waals surface area (Å²) >= 11 is 0. The molecule has 0 aliphatic heterocycles. The van der Waals surface area contributed by atoms with Gasteiger partial charge in [0.25, 0.3) is 0 Å². The lowest BCUT2D eigenvalue weighted by atomic mass is 9.97. The first kappa shape index (κ1) is 25.7. The maximum atomic E-state index is 12.9. The van der Waals surface area contributed by atoms with Crippen LogP contribution in [0.25, 0.3) is 0 Å². The van der Waals surface area contributed by atoms with Gasteiger partial charge in [0.15, 0.2) is 0 Å². The zero-order valence-corrected chi connectivity index (χ0v) is 20.5. The average molecular weight is 461 g/mol. The van der Waals surface area contributed by atoms with E-state index in [0.29, 0.717) is 19.1 Å². The van der Waals surface area contributed by atoms with E-state index in [-0.39, 0.29) is 25.1 Å². The monoisotopic (exact) mass is 460 g/mol. The van der Waals surface area contributed by atoms with Gasteiger partial charge in [-0.2, -0.15) is 0 Å². The minimum absolute atomic E-state index is 0.270. The molecule has 1 unspecified atom stereocenters. The second-order valence-electron chi connectivity index (χ2n) is 9.12.